The fourth-order valence-corrected chi connectivity index (χ4v) is 2.32. The Morgan fingerprint density at radius 2 is 1.04 bits per heavy atom. The van der Waals surface area contributed by atoms with Crippen LogP contribution in [0.1, 0.15) is 0 Å². The zero-order chi connectivity index (χ0) is 16.6. The predicted octanol–water partition coefficient (Wildman–Crippen LogP) is 5.28. The standard InChI is InChI=1S/C18H10F4O/c19-14-6-3-11(7-15(14)20)18-16(21)8-12(9-17(18)22)10-1-4-13(23)5-2-10/h1-9,23H. The molecule has 0 spiro atoms. The molecule has 1 N–H and O–H groups in total. The first-order valence-corrected chi connectivity index (χ1v) is 6.69. The van der Waals surface area contributed by atoms with E-state index in [1.54, 1.807) is 0 Å². The van der Waals surface area contributed by atoms with Gasteiger partial charge < -0.3 is 5.11 Å². The van der Waals surface area contributed by atoms with E-state index < -0.39 is 28.8 Å². The SMILES string of the molecule is Oc1ccc(-c2cc(F)c(-c3ccc(F)c(F)c3)c(F)c2)cc1. The Balaban J connectivity index is 2.10. The van der Waals surface area contributed by atoms with Gasteiger partial charge in [-0.3, -0.25) is 0 Å². The molecule has 0 bridgehead atoms. The van der Waals surface area contributed by atoms with Crippen molar-refractivity contribution in [1.29, 1.82) is 0 Å². The van der Waals surface area contributed by atoms with Crippen LogP contribution in [0.2, 0.25) is 0 Å². The van der Waals surface area contributed by atoms with Crippen LogP contribution in [0.15, 0.2) is 54.6 Å². The van der Waals surface area contributed by atoms with E-state index >= 15 is 0 Å². The number of benzene rings is 3. The van der Waals surface area contributed by atoms with Crippen LogP contribution in [0, 0.1) is 23.3 Å². The van der Waals surface area contributed by atoms with Gasteiger partial charge in [0.1, 0.15) is 17.4 Å². The summed E-state index contributed by atoms with van der Waals surface area (Å²) in [6, 6.07) is 10.7. The van der Waals surface area contributed by atoms with Crippen molar-refractivity contribution in [2.45, 2.75) is 0 Å². The van der Waals surface area contributed by atoms with Crippen molar-refractivity contribution in [1.82, 2.24) is 0 Å². The highest BCUT2D eigenvalue weighted by atomic mass is 19.2. The quantitative estimate of drug-likeness (QED) is 0.637. The third-order valence-electron chi connectivity index (χ3n) is 3.45. The van der Waals surface area contributed by atoms with Crippen molar-refractivity contribution in [2.75, 3.05) is 0 Å². The molecule has 116 valence electrons. The second-order valence-electron chi connectivity index (χ2n) is 4.99. The molecule has 0 amide bonds. The van der Waals surface area contributed by atoms with E-state index in [1.807, 2.05) is 0 Å². The second-order valence-corrected chi connectivity index (χ2v) is 4.99. The zero-order valence-electron chi connectivity index (χ0n) is 11.7. The number of phenols is 1. The van der Waals surface area contributed by atoms with Crippen molar-refractivity contribution in [3.8, 4) is 28.0 Å². The summed E-state index contributed by atoms with van der Waals surface area (Å²) in [6.07, 6.45) is 0. The Hall–Kier alpha value is -2.82. The first kappa shape index (κ1) is 15.1. The van der Waals surface area contributed by atoms with Crippen molar-refractivity contribution in [3.63, 3.8) is 0 Å². The summed E-state index contributed by atoms with van der Waals surface area (Å²) in [4.78, 5) is 0. The lowest BCUT2D eigenvalue weighted by molar-refractivity contribution is 0.475. The molecule has 0 saturated heterocycles. The molecule has 0 atom stereocenters. The molecule has 0 aliphatic rings. The van der Waals surface area contributed by atoms with Gasteiger partial charge >= 0.3 is 0 Å². The maximum atomic E-state index is 14.3. The van der Waals surface area contributed by atoms with Gasteiger partial charge in [0.2, 0.25) is 0 Å². The minimum absolute atomic E-state index is 0.0353. The second kappa shape index (κ2) is 5.76. The number of aromatic hydroxyl groups is 1. The maximum Gasteiger partial charge on any atom is 0.159 e. The molecule has 3 aromatic rings. The van der Waals surface area contributed by atoms with Crippen LogP contribution in [0.5, 0.6) is 5.75 Å². The van der Waals surface area contributed by atoms with Gasteiger partial charge in [0.15, 0.2) is 11.6 Å². The van der Waals surface area contributed by atoms with E-state index in [-0.39, 0.29) is 16.9 Å². The van der Waals surface area contributed by atoms with Gasteiger partial charge in [-0.2, -0.15) is 0 Å². The van der Waals surface area contributed by atoms with E-state index in [1.165, 1.54) is 24.3 Å². The normalized spacial score (nSPS) is 10.8. The van der Waals surface area contributed by atoms with Gasteiger partial charge in [0.25, 0.3) is 0 Å². The Morgan fingerprint density at radius 1 is 0.522 bits per heavy atom. The van der Waals surface area contributed by atoms with E-state index in [4.69, 9.17) is 0 Å². The van der Waals surface area contributed by atoms with Crippen LogP contribution < -0.4 is 0 Å². The lowest BCUT2D eigenvalue weighted by Gasteiger charge is -2.09. The minimum Gasteiger partial charge on any atom is -0.508 e. The number of hydrogen-bond acceptors (Lipinski definition) is 1. The van der Waals surface area contributed by atoms with Gasteiger partial charge in [-0.05, 0) is 53.1 Å². The van der Waals surface area contributed by atoms with Crippen LogP contribution in [0.25, 0.3) is 22.3 Å². The van der Waals surface area contributed by atoms with Crippen LogP contribution >= 0.6 is 0 Å². The largest absolute Gasteiger partial charge is 0.508 e. The minimum atomic E-state index is -1.18. The molecular weight excluding hydrogens is 308 g/mol. The first-order valence-electron chi connectivity index (χ1n) is 6.69. The third-order valence-corrected chi connectivity index (χ3v) is 3.45. The molecule has 0 heterocycles. The zero-order valence-corrected chi connectivity index (χ0v) is 11.7. The van der Waals surface area contributed by atoms with Gasteiger partial charge in [-0.25, -0.2) is 17.6 Å². The number of halogens is 4. The summed E-state index contributed by atoms with van der Waals surface area (Å²) in [5, 5.41) is 9.24. The summed E-state index contributed by atoms with van der Waals surface area (Å²) < 4.78 is 54.8. The fourth-order valence-electron chi connectivity index (χ4n) is 2.32. The lowest BCUT2D eigenvalue weighted by atomic mass is 9.98. The highest BCUT2D eigenvalue weighted by Crippen LogP contribution is 2.32. The maximum absolute atomic E-state index is 14.3. The van der Waals surface area contributed by atoms with Crippen molar-refractivity contribution < 1.29 is 22.7 Å². The Morgan fingerprint density at radius 3 is 1.61 bits per heavy atom. The van der Waals surface area contributed by atoms with Gasteiger partial charge in [0.05, 0.1) is 5.56 Å². The summed E-state index contributed by atoms with van der Waals surface area (Å²) in [5.41, 5.74) is 0.270. The van der Waals surface area contributed by atoms with E-state index in [2.05, 4.69) is 0 Å². The van der Waals surface area contributed by atoms with Crippen molar-refractivity contribution in [2.24, 2.45) is 0 Å². The smallest absolute Gasteiger partial charge is 0.159 e. The monoisotopic (exact) mass is 318 g/mol. The molecule has 23 heavy (non-hydrogen) atoms. The van der Waals surface area contributed by atoms with Crippen LogP contribution in [-0.4, -0.2) is 5.11 Å². The molecule has 1 nitrogen and oxygen atoms in total. The molecule has 0 saturated carbocycles. The molecule has 0 aliphatic heterocycles. The molecule has 3 rings (SSSR count). The third kappa shape index (κ3) is 2.90. The molecule has 0 unspecified atom stereocenters. The van der Waals surface area contributed by atoms with E-state index in [9.17, 15) is 22.7 Å². The average Bonchev–Trinajstić information content (AvgIpc) is 2.51. The van der Waals surface area contributed by atoms with Crippen LogP contribution in [0.4, 0.5) is 17.6 Å². The van der Waals surface area contributed by atoms with Gasteiger partial charge in [-0.1, -0.05) is 18.2 Å². The summed E-state index contributed by atoms with van der Waals surface area (Å²) in [6.45, 7) is 0. The van der Waals surface area contributed by atoms with Gasteiger partial charge in [0, 0.05) is 0 Å². The predicted molar refractivity (Wildman–Crippen MR) is 78.8 cm³/mol. The molecule has 0 fully saturated rings. The Labute approximate surface area is 129 Å². The summed E-state index contributed by atoms with van der Waals surface area (Å²) >= 11 is 0. The fraction of sp³-hybridized carbons (Fsp3) is 0. The first-order chi connectivity index (χ1) is 11.0. The Bertz CT molecular complexity index is 850. The van der Waals surface area contributed by atoms with Crippen molar-refractivity contribution >= 4 is 0 Å². The van der Waals surface area contributed by atoms with Crippen molar-refractivity contribution in [3.05, 3.63) is 77.9 Å². The summed E-state index contributed by atoms with van der Waals surface area (Å²) in [5.74, 6) is -4.01. The van der Waals surface area contributed by atoms with Crippen LogP contribution in [-0.2, 0) is 0 Å². The highest BCUT2D eigenvalue weighted by Gasteiger charge is 2.16. The Kier molecular flexibility index (Phi) is 3.78. The molecular formula is C18H10F4O. The number of rotatable bonds is 2. The highest BCUT2D eigenvalue weighted by molar-refractivity contribution is 5.72. The van der Waals surface area contributed by atoms with E-state index in [0.29, 0.717) is 5.56 Å². The van der Waals surface area contributed by atoms with E-state index in [0.717, 1.165) is 30.3 Å². The lowest BCUT2D eigenvalue weighted by Crippen LogP contribution is -1.94. The number of phenolic OH excluding ortho intramolecular Hbond substituents is 1. The molecule has 0 aliphatic carbocycles. The molecule has 0 aromatic heterocycles. The van der Waals surface area contributed by atoms with Crippen LogP contribution in [0.3, 0.4) is 0 Å². The molecule has 0 radical (unpaired) electrons. The summed E-state index contributed by atoms with van der Waals surface area (Å²) in [7, 11) is 0. The van der Waals surface area contributed by atoms with Gasteiger partial charge in [-0.15, -0.1) is 0 Å². The topological polar surface area (TPSA) is 20.2 Å². The number of hydrogen-bond donors (Lipinski definition) is 1. The molecule has 5 heteroatoms. The average molecular weight is 318 g/mol. The molecule has 3 aromatic carbocycles.